The van der Waals surface area contributed by atoms with Gasteiger partial charge in [0.1, 0.15) is 0 Å². The fourth-order valence-corrected chi connectivity index (χ4v) is 3.09. The van der Waals surface area contributed by atoms with E-state index in [4.69, 9.17) is 4.74 Å². The number of unbranched alkanes of at least 4 members (excludes halogenated alkanes) is 3. The average molecular weight is 272 g/mol. The van der Waals surface area contributed by atoms with Gasteiger partial charge in [0.2, 0.25) is 5.67 Å². The summed E-state index contributed by atoms with van der Waals surface area (Å²) in [5.41, 5.74) is -1.73. The number of halogens is 1. The minimum Gasteiger partial charge on any atom is -0.464 e. The van der Waals surface area contributed by atoms with Crippen LogP contribution in [-0.2, 0) is 9.53 Å². The molecule has 0 spiro atoms. The quantitative estimate of drug-likeness (QED) is 0.468. The lowest BCUT2D eigenvalue weighted by Crippen LogP contribution is -2.44. The summed E-state index contributed by atoms with van der Waals surface area (Å²) in [6.07, 6.45) is 9.32. The predicted molar refractivity (Wildman–Crippen MR) is 75.8 cm³/mol. The van der Waals surface area contributed by atoms with E-state index < -0.39 is 11.6 Å². The van der Waals surface area contributed by atoms with E-state index in [9.17, 15) is 4.79 Å². The molecule has 3 heteroatoms. The molecule has 1 atom stereocenters. The van der Waals surface area contributed by atoms with E-state index in [1.54, 1.807) is 6.92 Å². The predicted octanol–water partition coefficient (Wildman–Crippen LogP) is 4.81. The second-order valence-corrected chi connectivity index (χ2v) is 5.73. The zero-order valence-corrected chi connectivity index (χ0v) is 12.5. The van der Waals surface area contributed by atoms with Crippen LogP contribution in [0.5, 0.6) is 0 Å². The Hall–Kier alpha value is -0.600. The monoisotopic (exact) mass is 272 g/mol. The van der Waals surface area contributed by atoms with Crippen molar-refractivity contribution < 1.29 is 13.9 Å². The van der Waals surface area contributed by atoms with Gasteiger partial charge in [-0.2, -0.15) is 0 Å². The maximum absolute atomic E-state index is 15.2. The molecular weight excluding hydrogens is 243 g/mol. The third-order valence-electron chi connectivity index (χ3n) is 4.26. The van der Waals surface area contributed by atoms with Crippen molar-refractivity contribution in [2.75, 3.05) is 6.61 Å². The van der Waals surface area contributed by atoms with Crippen molar-refractivity contribution in [1.82, 2.24) is 0 Å². The molecule has 112 valence electrons. The van der Waals surface area contributed by atoms with Crippen molar-refractivity contribution in [2.24, 2.45) is 5.92 Å². The Balaban J connectivity index is 2.62. The first kappa shape index (κ1) is 16.5. The van der Waals surface area contributed by atoms with E-state index in [1.807, 2.05) is 0 Å². The van der Waals surface area contributed by atoms with Gasteiger partial charge in [-0.25, -0.2) is 9.18 Å². The van der Waals surface area contributed by atoms with Crippen LogP contribution in [0.25, 0.3) is 0 Å². The fraction of sp³-hybridized carbons (Fsp3) is 0.938. The van der Waals surface area contributed by atoms with Crippen LogP contribution in [-0.4, -0.2) is 18.2 Å². The molecule has 2 nitrogen and oxygen atoms in total. The number of hydrogen-bond acceptors (Lipinski definition) is 2. The molecule has 0 aromatic heterocycles. The van der Waals surface area contributed by atoms with Gasteiger partial charge in [-0.05, 0) is 32.6 Å². The number of ether oxygens (including phenoxy) is 1. The van der Waals surface area contributed by atoms with Gasteiger partial charge < -0.3 is 4.74 Å². The Morgan fingerprint density at radius 3 is 2.42 bits per heavy atom. The van der Waals surface area contributed by atoms with E-state index in [2.05, 4.69) is 6.92 Å². The molecule has 1 rings (SSSR count). The molecule has 0 N–H and O–H groups in total. The highest BCUT2D eigenvalue weighted by atomic mass is 19.1. The van der Waals surface area contributed by atoms with E-state index in [1.165, 1.54) is 6.42 Å². The summed E-state index contributed by atoms with van der Waals surface area (Å²) in [6, 6.07) is 0. The van der Waals surface area contributed by atoms with Crippen molar-refractivity contribution in [1.29, 1.82) is 0 Å². The maximum atomic E-state index is 15.2. The van der Waals surface area contributed by atoms with Crippen LogP contribution in [0.15, 0.2) is 0 Å². The van der Waals surface area contributed by atoms with Crippen molar-refractivity contribution in [3.8, 4) is 0 Å². The summed E-state index contributed by atoms with van der Waals surface area (Å²) in [5.74, 6) is -0.736. The van der Waals surface area contributed by atoms with Crippen LogP contribution < -0.4 is 0 Å². The normalized spacial score (nSPS) is 19.9. The van der Waals surface area contributed by atoms with E-state index in [0.29, 0.717) is 6.42 Å². The Kier molecular flexibility index (Phi) is 7.40. The van der Waals surface area contributed by atoms with Crippen molar-refractivity contribution in [2.45, 2.75) is 83.7 Å². The van der Waals surface area contributed by atoms with Gasteiger partial charge in [-0.1, -0.05) is 45.4 Å². The molecule has 1 aliphatic rings. The summed E-state index contributed by atoms with van der Waals surface area (Å²) in [7, 11) is 0. The molecule has 1 saturated carbocycles. The van der Waals surface area contributed by atoms with Gasteiger partial charge in [0, 0.05) is 5.92 Å². The number of hydrogen-bond donors (Lipinski definition) is 0. The number of rotatable bonds is 8. The Labute approximate surface area is 117 Å². The molecule has 0 unspecified atom stereocenters. The molecule has 0 heterocycles. The molecule has 19 heavy (non-hydrogen) atoms. The highest BCUT2D eigenvalue weighted by molar-refractivity contribution is 5.79. The lowest BCUT2D eigenvalue weighted by atomic mass is 9.75. The highest BCUT2D eigenvalue weighted by Crippen LogP contribution is 2.39. The van der Waals surface area contributed by atoms with Crippen LogP contribution in [0.4, 0.5) is 4.39 Å². The van der Waals surface area contributed by atoms with E-state index in [-0.39, 0.29) is 12.5 Å². The summed E-state index contributed by atoms with van der Waals surface area (Å²) in [4.78, 5) is 12.0. The van der Waals surface area contributed by atoms with Crippen molar-refractivity contribution in [3.05, 3.63) is 0 Å². The smallest absolute Gasteiger partial charge is 0.344 e. The summed E-state index contributed by atoms with van der Waals surface area (Å²) in [5, 5.41) is 0. The number of carbonyl (C=O) groups is 1. The van der Waals surface area contributed by atoms with Crippen LogP contribution in [0.3, 0.4) is 0 Å². The molecule has 1 fully saturated rings. The molecule has 0 aromatic rings. The minimum atomic E-state index is -1.73. The molecule has 0 aliphatic heterocycles. The third kappa shape index (κ3) is 4.77. The fourth-order valence-electron chi connectivity index (χ4n) is 3.09. The van der Waals surface area contributed by atoms with Gasteiger partial charge in [-0.15, -0.1) is 0 Å². The largest absolute Gasteiger partial charge is 0.464 e. The average Bonchev–Trinajstić information content (AvgIpc) is 2.44. The first-order valence-electron chi connectivity index (χ1n) is 8.01. The Bertz CT molecular complexity index is 261. The molecule has 0 radical (unpaired) electrons. The molecule has 0 aromatic carbocycles. The Morgan fingerprint density at radius 2 is 1.84 bits per heavy atom. The molecular formula is C16H29FO2. The van der Waals surface area contributed by atoms with Gasteiger partial charge in [0.05, 0.1) is 6.61 Å². The van der Waals surface area contributed by atoms with E-state index in [0.717, 1.165) is 51.4 Å². The SMILES string of the molecule is CCCCCC[C@@](F)(C(=O)OCC)C1CCCCC1. The number of carbonyl (C=O) groups excluding carboxylic acids is 1. The van der Waals surface area contributed by atoms with Gasteiger partial charge in [-0.3, -0.25) is 0 Å². The number of esters is 1. The molecule has 0 bridgehead atoms. The first-order chi connectivity index (χ1) is 9.15. The molecule has 0 saturated heterocycles. The Morgan fingerprint density at radius 1 is 1.16 bits per heavy atom. The van der Waals surface area contributed by atoms with Crippen molar-refractivity contribution >= 4 is 5.97 Å². The zero-order valence-electron chi connectivity index (χ0n) is 12.5. The van der Waals surface area contributed by atoms with Crippen molar-refractivity contribution in [3.63, 3.8) is 0 Å². The molecule has 0 amide bonds. The van der Waals surface area contributed by atoms with Crippen LogP contribution >= 0.6 is 0 Å². The summed E-state index contributed by atoms with van der Waals surface area (Å²) in [6.45, 7) is 4.15. The summed E-state index contributed by atoms with van der Waals surface area (Å²) < 4.78 is 20.2. The summed E-state index contributed by atoms with van der Waals surface area (Å²) >= 11 is 0. The standard InChI is InChI=1S/C16H29FO2/c1-3-5-6-10-13-16(17,15(18)19-4-2)14-11-8-7-9-12-14/h14H,3-13H2,1-2H3/t16-/m0/s1. The zero-order chi connectivity index (χ0) is 14.1. The van der Waals surface area contributed by atoms with Crippen LogP contribution in [0.1, 0.15) is 78.1 Å². The second-order valence-electron chi connectivity index (χ2n) is 5.73. The first-order valence-corrected chi connectivity index (χ1v) is 8.01. The number of alkyl halides is 1. The second kappa shape index (κ2) is 8.55. The lowest BCUT2D eigenvalue weighted by molar-refractivity contribution is -0.163. The maximum Gasteiger partial charge on any atom is 0.344 e. The highest BCUT2D eigenvalue weighted by Gasteiger charge is 2.47. The van der Waals surface area contributed by atoms with Gasteiger partial charge >= 0.3 is 5.97 Å². The third-order valence-corrected chi connectivity index (χ3v) is 4.26. The molecule has 1 aliphatic carbocycles. The topological polar surface area (TPSA) is 26.3 Å². The van der Waals surface area contributed by atoms with Crippen LogP contribution in [0, 0.1) is 5.92 Å². The van der Waals surface area contributed by atoms with Gasteiger partial charge in [0.15, 0.2) is 0 Å². The van der Waals surface area contributed by atoms with E-state index >= 15 is 4.39 Å². The van der Waals surface area contributed by atoms with Crippen LogP contribution in [0.2, 0.25) is 0 Å². The van der Waals surface area contributed by atoms with Gasteiger partial charge in [0.25, 0.3) is 0 Å². The lowest BCUT2D eigenvalue weighted by Gasteiger charge is -2.34. The minimum absolute atomic E-state index is 0.123.